The molecule has 1 aromatic heterocycles. The summed E-state index contributed by atoms with van der Waals surface area (Å²) in [6.07, 6.45) is 4.73. The first kappa shape index (κ1) is 8.75. The van der Waals surface area contributed by atoms with Gasteiger partial charge in [-0.3, -0.25) is 0 Å². The van der Waals surface area contributed by atoms with Crippen LogP contribution < -0.4 is 5.73 Å². The molecule has 0 saturated carbocycles. The molecule has 0 aliphatic carbocycles. The van der Waals surface area contributed by atoms with Crippen LogP contribution in [0.1, 0.15) is 30.1 Å². The smallest absolute Gasteiger partial charge is 0.106 e. The Balaban J connectivity index is 2.36. The van der Waals surface area contributed by atoms with Crippen LogP contribution in [0.5, 0.6) is 0 Å². The molecule has 0 amide bonds. The summed E-state index contributed by atoms with van der Waals surface area (Å²) in [6.45, 7) is 3.96. The highest BCUT2D eigenvalue weighted by atomic mass is 15.1. The molecular formula is C10H17N3. The molecule has 13 heavy (non-hydrogen) atoms. The Hall–Kier alpha value is -0.830. The minimum absolute atomic E-state index is 0.712. The van der Waals surface area contributed by atoms with Crippen molar-refractivity contribution in [1.82, 2.24) is 9.55 Å². The first-order valence-corrected chi connectivity index (χ1v) is 5.08. The van der Waals surface area contributed by atoms with Crippen LogP contribution in [0.2, 0.25) is 0 Å². The molecule has 2 rings (SSSR count). The Morgan fingerprint density at radius 2 is 2.31 bits per heavy atom. The number of imidazole rings is 1. The topological polar surface area (TPSA) is 43.8 Å². The number of rotatable bonds is 2. The summed E-state index contributed by atoms with van der Waals surface area (Å²) in [5.41, 5.74) is 8.23. The second-order valence-electron chi connectivity index (χ2n) is 3.70. The summed E-state index contributed by atoms with van der Waals surface area (Å²) in [6, 6.07) is 0. The molecule has 2 N–H and O–H groups in total. The summed E-state index contributed by atoms with van der Waals surface area (Å²) < 4.78 is 2.36. The maximum absolute atomic E-state index is 5.55. The fourth-order valence-corrected chi connectivity index (χ4v) is 2.15. The minimum Gasteiger partial charge on any atom is -0.332 e. The molecule has 0 aromatic carbocycles. The van der Waals surface area contributed by atoms with Gasteiger partial charge in [-0.25, -0.2) is 4.98 Å². The van der Waals surface area contributed by atoms with Crippen molar-refractivity contribution in [3.63, 3.8) is 0 Å². The molecule has 0 radical (unpaired) electrons. The quantitative estimate of drug-likeness (QED) is 0.737. The van der Waals surface area contributed by atoms with Gasteiger partial charge in [0.25, 0.3) is 0 Å². The van der Waals surface area contributed by atoms with Crippen LogP contribution in [0.4, 0.5) is 0 Å². The summed E-state index contributed by atoms with van der Waals surface area (Å²) in [7, 11) is 0. The van der Waals surface area contributed by atoms with Crippen LogP contribution in [0.25, 0.3) is 0 Å². The van der Waals surface area contributed by atoms with Gasteiger partial charge in [0.1, 0.15) is 5.82 Å². The van der Waals surface area contributed by atoms with E-state index in [-0.39, 0.29) is 0 Å². The van der Waals surface area contributed by atoms with E-state index in [1.165, 1.54) is 30.7 Å². The van der Waals surface area contributed by atoms with Crippen LogP contribution in [0, 0.1) is 6.92 Å². The number of aryl methyl sites for hydroxylation is 1. The number of nitrogens with two attached hydrogens (primary N) is 1. The van der Waals surface area contributed by atoms with E-state index in [1.54, 1.807) is 0 Å². The average molecular weight is 179 g/mol. The summed E-state index contributed by atoms with van der Waals surface area (Å²) in [4.78, 5) is 4.56. The third kappa shape index (κ3) is 1.48. The van der Waals surface area contributed by atoms with Crippen molar-refractivity contribution in [3.8, 4) is 0 Å². The SMILES string of the molecule is Cc1nc(CCN)c2n1CCCC2. The van der Waals surface area contributed by atoms with E-state index in [1.807, 2.05) is 0 Å². The van der Waals surface area contributed by atoms with Crippen molar-refractivity contribution in [2.24, 2.45) is 5.73 Å². The van der Waals surface area contributed by atoms with Gasteiger partial charge in [0, 0.05) is 18.7 Å². The first-order valence-electron chi connectivity index (χ1n) is 5.08. The highest BCUT2D eigenvalue weighted by Gasteiger charge is 2.16. The van der Waals surface area contributed by atoms with Crippen molar-refractivity contribution < 1.29 is 0 Å². The first-order chi connectivity index (χ1) is 6.33. The summed E-state index contributed by atoms with van der Waals surface area (Å²) in [5, 5.41) is 0. The van der Waals surface area contributed by atoms with Crippen molar-refractivity contribution in [3.05, 3.63) is 17.2 Å². The molecule has 1 aliphatic rings. The largest absolute Gasteiger partial charge is 0.332 e. The van der Waals surface area contributed by atoms with Gasteiger partial charge in [0.15, 0.2) is 0 Å². The monoisotopic (exact) mass is 179 g/mol. The highest BCUT2D eigenvalue weighted by Crippen LogP contribution is 2.20. The van der Waals surface area contributed by atoms with Crippen LogP contribution in [-0.4, -0.2) is 16.1 Å². The Morgan fingerprint density at radius 3 is 3.08 bits per heavy atom. The molecule has 0 unspecified atom stereocenters. The van der Waals surface area contributed by atoms with Gasteiger partial charge in [-0.1, -0.05) is 0 Å². The summed E-state index contributed by atoms with van der Waals surface area (Å²) >= 11 is 0. The van der Waals surface area contributed by atoms with Crippen molar-refractivity contribution in [2.75, 3.05) is 6.54 Å². The molecule has 1 aromatic rings. The van der Waals surface area contributed by atoms with Gasteiger partial charge in [-0.05, 0) is 32.7 Å². The van der Waals surface area contributed by atoms with Gasteiger partial charge in [-0.15, -0.1) is 0 Å². The Kier molecular flexibility index (Phi) is 2.36. The zero-order valence-electron chi connectivity index (χ0n) is 8.21. The third-order valence-electron chi connectivity index (χ3n) is 2.77. The van der Waals surface area contributed by atoms with Gasteiger partial charge in [0.05, 0.1) is 5.69 Å². The van der Waals surface area contributed by atoms with E-state index < -0.39 is 0 Å². The van der Waals surface area contributed by atoms with Gasteiger partial charge < -0.3 is 10.3 Å². The number of nitrogens with zero attached hydrogens (tertiary/aromatic N) is 2. The van der Waals surface area contributed by atoms with Crippen LogP contribution in [-0.2, 0) is 19.4 Å². The molecule has 1 aliphatic heterocycles. The average Bonchev–Trinajstić information content (AvgIpc) is 2.46. The fraction of sp³-hybridized carbons (Fsp3) is 0.700. The molecule has 72 valence electrons. The standard InChI is InChI=1S/C10H17N3/c1-8-12-9(5-6-11)10-4-2-3-7-13(8)10/h2-7,11H2,1H3. The van der Waals surface area contributed by atoms with Gasteiger partial charge in [0.2, 0.25) is 0 Å². The van der Waals surface area contributed by atoms with Crippen LogP contribution >= 0.6 is 0 Å². The molecular weight excluding hydrogens is 162 g/mol. The van der Waals surface area contributed by atoms with E-state index in [4.69, 9.17) is 5.73 Å². The lowest BCUT2D eigenvalue weighted by molar-refractivity contribution is 0.520. The lowest BCUT2D eigenvalue weighted by atomic mass is 10.1. The van der Waals surface area contributed by atoms with E-state index >= 15 is 0 Å². The van der Waals surface area contributed by atoms with Crippen molar-refractivity contribution >= 4 is 0 Å². The van der Waals surface area contributed by atoms with Crippen LogP contribution in [0.3, 0.4) is 0 Å². The molecule has 2 heterocycles. The van der Waals surface area contributed by atoms with E-state index in [0.29, 0.717) is 6.54 Å². The lowest BCUT2D eigenvalue weighted by Crippen LogP contribution is -2.13. The zero-order valence-corrected chi connectivity index (χ0v) is 8.21. The molecule has 0 bridgehead atoms. The highest BCUT2D eigenvalue weighted by molar-refractivity contribution is 5.19. The lowest BCUT2D eigenvalue weighted by Gasteiger charge is -2.16. The zero-order chi connectivity index (χ0) is 9.26. The minimum atomic E-state index is 0.712. The molecule has 3 heteroatoms. The normalized spacial score (nSPS) is 15.8. The molecule has 0 fully saturated rings. The second-order valence-corrected chi connectivity index (χ2v) is 3.70. The molecule has 3 nitrogen and oxygen atoms in total. The molecule has 0 atom stereocenters. The van der Waals surface area contributed by atoms with Crippen LogP contribution in [0.15, 0.2) is 0 Å². The predicted octanol–water partition coefficient (Wildman–Crippen LogP) is 1.03. The van der Waals surface area contributed by atoms with Crippen molar-refractivity contribution in [1.29, 1.82) is 0 Å². The fourth-order valence-electron chi connectivity index (χ4n) is 2.15. The molecule has 0 saturated heterocycles. The predicted molar refractivity (Wildman–Crippen MR) is 52.7 cm³/mol. The van der Waals surface area contributed by atoms with Gasteiger partial charge in [-0.2, -0.15) is 0 Å². The Labute approximate surface area is 79.0 Å². The number of aromatic nitrogens is 2. The Bertz CT molecular complexity index is 301. The van der Waals surface area contributed by atoms with Gasteiger partial charge >= 0.3 is 0 Å². The van der Waals surface area contributed by atoms with E-state index in [2.05, 4.69) is 16.5 Å². The number of fused-ring (bicyclic) bond motifs is 1. The van der Waals surface area contributed by atoms with E-state index in [0.717, 1.165) is 18.8 Å². The molecule has 0 spiro atoms. The van der Waals surface area contributed by atoms with E-state index in [9.17, 15) is 0 Å². The maximum Gasteiger partial charge on any atom is 0.106 e. The third-order valence-corrected chi connectivity index (χ3v) is 2.77. The maximum atomic E-state index is 5.55. The number of hydrogen-bond donors (Lipinski definition) is 1. The Morgan fingerprint density at radius 1 is 1.46 bits per heavy atom. The number of hydrogen-bond acceptors (Lipinski definition) is 2. The second kappa shape index (κ2) is 3.50. The summed E-state index contributed by atoms with van der Waals surface area (Å²) in [5.74, 6) is 1.16. The van der Waals surface area contributed by atoms with Crippen molar-refractivity contribution in [2.45, 2.75) is 39.2 Å².